The molecule has 0 atom stereocenters. The Balaban J connectivity index is 1.82. The number of hydrogen-bond donors (Lipinski definition) is 2. The highest BCUT2D eigenvalue weighted by molar-refractivity contribution is 7.15. The second-order valence-electron chi connectivity index (χ2n) is 4.25. The van der Waals surface area contributed by atoms with Gasteiger partial charge >= 0.3 is 0 Å². The number of nitrogens with zero attached hydrogens (tertiary/aromatic N) is 3. The minimum atomic E-state index is 0.758. The number of thiazole rings is 1. The van der Waals surface area contributed by atoms with Gasteiger partial charge in [-0.3, -0.25) is 5.43 Å². The van der Waals surface area contributed by atoms with E-state index in [-0.39, 0.29) is 0 Å². The summed E-state index contributed by atoms with van der Waals surface area (Å²) in [6, 6.07) is 0. The van der Waals surface area contributed by atoms with Crippen molar-refractivity contribution in [1.82, 2.24) is 14.5 Å². The van der Waals surface area contributed by atoms with Crippen molar-refractivity contribution >= 4 is 16.5 Å². The fraction of sp³-hybridized carbons (Fsp3) is 0.455. The number of anilines is 1. The molecule has 0 unspecified atom stereocenters. The molecule has 6 heteroatoms. The Labute approximate surface area is 104 Å². The largest absolute Gasteiger partial charge is 0.329 e. The average molecular weight is 249 g/mol. The topological polar surface area (TPSA) is 68.8 Å². The van der Waals surface area contributed by atoms with Crippen LogP contribution in [0.25, 0.3) is 0 Å². The highest BCUT2D eigenvalue weighted by atomic mass is 32.1. The average Bonchev–Trinajstić information content (AvgIpc) is 2.97. The van der Waals surface area contributed by atoms with Crippen LogP contribution in [0.3, 0.4) is 0 Å². The van der Waals surface area contributed by atoms with Crippen LogP contribution in [0.4, 0.5) is 5.13 Å². The maximum Gasteiger partial charge on any atom is 0.197 e. The molecule has 2 aromatic heterocycles. The van der Waals surface area contributed by atoms with Gasteiger partial charge in [0.2, 0.25) is 0 Å². The van der Waals surface area contributed by atoms with Gasteiger partial charge in [0.15, 0.2) is 5.13 Å². The number of aromatic nitrogens is 3. The van der Waals surface area contributed by atoms with Crippen molar-refractivity contribution in [3.8, 4) is 0 Å². The molecule has 0 saturated heterocycles. The van der Waals surface area contributed by atoms with Gasteiger partial charge in [0.1, 0.15) is 0 Å². The summed E-state index contributed by atoms with van der Waals surface area (Å²) >= 11 is 1.59. The molecular formula is C11H15N5S. The molecule has 5 nitrogen and oxygen atoms in total. The van der Waals surface area contributed by atoms with E-state index in [1.54, 1.807) is 11.3 Å². The third kappa shape index (κ3) is 2.05. The highest BCUT2D eigenvalue weighted by Crippen LogP contribution is 2.23. The molecule has 17 heavy (non-hydrogen) atoms. The van der Waals surface area contributed by atoms with E-state index in [0.717, 1.165) is 24.5 Å². The Morgan fingerprint density at radius 2 is 2.24 bits per heavy atom. The van der Waals surface area contributed by atoms with Gasteiger partial charge in [-0.2, -0.15) is 0 Å². The summed E-state index contributed by atoms with van der Waals surface area (Å²) in [5.74, 6) is 5.33. The van der Waals surface area contributed by atoms with E-state index >= 15 is 0 Å². The molecule has 0 fully saturated rings. The van der Waals surface area contributed by atoms with Gasteiger partial charge < -0.3 is 4.57 Å². The van der Waals surface area contributed by atoms with Crippen molar-refractivity contribution in [2.75, 3.05) is 5.43 Å². The maximum absolute atomic E-state index is 5.33. The smallest absolute Gasteiger partial charge is 0.197 e. The van der Waals surface area contributed by atoms with E-state index in [4.69, 9.17) is 5.84 Å². The molecule has 1 aliphatic rings. The summed E-state index contributed by atoms with van der Waals surface area (Å²) in [6.45, 7) is 0.849. The SMILES string of the molecule is NNc1ncc(Cn2cnc3c2CCCC3)s1. The monoisotopic (exact) mass is 249 g/mol. The van der Waals surface area contributed by atoms with Crippen LogP contribution in [0.1, 0.15) is 29.1 Å². The Kier molecular flexibility index (Phi) is 2.82. The van der Waals surface area contributed by atoms with Gasteiger partial charge in [0.05, 0.1) is 18.6 Å². The standard InChI is InChI=1S/C11H15N5S/c12-15-11-13-5-8(17-11)6-16-7-14-9-3-1-2-4-10(9)16/h5,7H,1-4,6,12H2,(H,13,15). The van der Waals surface area contributed by atoms with Crippen molar-refractivity contribution in [2.24, 2.45) is 5.84 Å². The number of hydrazine groups is 1. The van der Waals surface area contributed by atoms with Crippen LogP contribution >= 0.6 is 11.3 Å². The molecule has 0 spiro atoms. The van der Waals surface area contributed by atoms with Gasteiger partial charge in [0, 0.05) is 16.8 Å². The zero-order chi connectivity index (χ0) is 11.7. The zero-order valence-electron chi connectivity index (χ0n) is 9.52. The van der Waals surface area contributed by atoms with E-state index in [2.05, 4.69) is 20.0 Å². The highest BCUT2D eigenvalue weighted by Gasteiger charge is 2.15. The third-order valence-electron chi connectivity index (χ3n) is 3.11. The van der Waals surface area contributed by atoms with E-state index < -0.39 is 0 Å². The summed E-state index contributed by atoms with van der Waals surface area (Å²) in [5, 5.41) is 0.758. The van der Waals surface area contributed by atoms with Crippen LogP contribution in [-0.4, -0.2) is 14.5 Å². The molecule has 2 aromatic rings. The molecule has 0 amide bonds. The Hall–Kier alpha value is -1.40. The lowest BCUT2D eigenvalue weighted by atomic mass is 10.0. The quantitative estimate of drug-likeness (QED) is 0.639. The normalized spacial score (nSPS) is 14.6. The molecular weight excluding hydrogens is 234 g/mol. The van der Waals surface area contributed by atoms with Crippen LogP contribution in [0.15, 0.2) is 12.5 Å². The van der Waals surface area contributed by atoms with Crippen LogP contribution in [0, 0.1) is 0 Å². The molecule has 90 valence electrons. The number of nitrogens with two attached hydrogens (primary N) is 1. The van der Waals surface area contributed by atoms with Gasteiger partial charge in [-0.15, -0.1) is 0 Å². The minimum absolute atomic E-state index is 0.758. The molecule has 2 heterocycles. The lowest BCUT2D eigenvalue weighted by molar-refractivity contribution is 0.630. The first-order valence-corrected chi connectivity index (χ1v) is 6.62. The minimum Gasteiger partial charge on any atom is -0.329 e. The van der Waals surface area contributed by atoms with Gasteiger partial charge in [-0.1, -0.05) is 11.3 Å². The second kappa shape index (κ2) is 4.46. The van der Waals surface area contributed by atoms with E-state index in [0.29, 0.717) is 0 Å². The van der Waals surface area contributed by atoms with Gasteiger partial charge in [-0.25, -0.2) is 15.8 Å². The third-order valence-corrected chi connectivity index (χ3v) is 4.03. The first-order valence-electron chi connectivity index (χ1n) is 5.81. The lowest BCUT2D eigenvalue weighted by Gasteiger charge is -2.13. The summed E-state index contributed by atoms with van der Waals surface area (Å²) in [6.07, 6.45) is 8.64. The number of rotatable bonds is 3. The number of imidazole rings is 1. The number of nitrogens with one attached hydrogen (secondary N) is 1. The molecule has 0 saturated carbocycles. The van der Waals surface area contributed by atoms with Crippen molar-refractivity contribution < 1.29 is 0 Å². The Bertz CT molecular complexity index is 516. The molecule has 3 rings (SSSR count). The van der Waals surface area contributed by atoms with Crippen molar-refractivity contribution in [2.45, 2.75) is 32.2 Å². The van der Waals surface area contributed by atoms with E-state index in [1.807, 2.05) is 12.5 Å². The number of aryl methyl sites for hydroxylation is 1. The molecule has 0 aromatic carbocycles. The van der Waals surface area contributed by atoms with Crippen LogP contribution in [0.2, 0.25) is 0 Å². The molecule has 0 radical (unpaired) electrons. The maximum atomic E-state index is 5.33. The predicted octanol–water partition coefficient (Wildman–Crippen LogP) is 1.55. The van der Waals surface area contributed by atoms with E-state index in [9.17, 15) is 0 Å². The molecule has 0 aliphatic heterocycles. The summed E-state index contributed by atoms with van der Waals surface area (Å²) in [4.78, 5) is 9.86. The zero-order valence-corrected chi connectivity index (χ0v) is 10.3. The molecule has 0 bridgehead atoms. The fourth-order valence-corrected chi connectivity index (χ4v) is 3.00. The van der Waals surface area contributed by atoms with E-state index in [1.165, 1.54) is 29.1 Å². The summed E-state index contributed by atoms with van der Waals surface area (Å²) in [7, 11) is 0. The number of nitrogen functional groups attached to an aromatic ring is 1. The Morgan fingerprint density at radius 3 is 3.06 bits per heavy atom. The summed E-state index contributed by atoms with van der Waals surface area (Å²) < 4.78 is 2.24. The number of hydrogen-bond acceptors (Lipinski definition) is 5. The second-order valence-corrected chi connectivity index (χ2v) is 5.36. The van der Waals surface area contributed by atoms with Crippen molar-refractivity contribution in [3.05, 3.63) is 28.8 Å². The first kappa shape index (κ1) is 10.7. The predicted molar refractivity (Wildman–Crippen MR) is 67.9 cm³/mol. The first-order chi connectivity index (χ1) is 8.36. The van der Waals surface area contributed by atoms with Crippen LogP contribution < -0.4 is 11.3 Å². The Morgan fingerprint density at radius 1 is 1.35 bits per heavy atom. The molecule has 3 N–H and O–H groups in total. The summed E-state index contributed by atoms with van der Waals surface area (Å²) in [5.41, 5.74) is 5.24. The molecule has 1 aliphatic carbocycles. The van der Waals surface area contributed by atoms with Gasteiger partial charge in [-0.05, 0) is 25.7 Å². The van der Waals surface area contributed by atoms with Crippen molar-refractivity contribution in [1.29, 1.82) is 0 Å². The lowest BCUT2D eigenvalue weighted by Crippen LogP contribution is -2.08. The fourth-order valence-electron chi connectivity index (χ4n) is 2.28. The van der Waals surface area contributed by atoms with Crippen molar-refractivity contribution in [3.63, 3.8) is 0 Å². The number of fused-ring (bicyclic) bond motifs is 1. The van der Waals surface area contributed by atoms with Gasteiger partial charge in [0.25, 0.3) is 0 Å². The van der Waals surface area contributed by atoms with Crippen LogP contribution in [0.5, 0.6) is 0 Å². The van der Waals surface area contributed by atoms with Crippen LogP contribution in [-0.2, 0) is 19.4 Å².